The number of nitrogens with zero attached hydrogens (tertiary/aromatic N) is 1. The number of alkyl carbamates (subject to hydrolysis) is 1. The zero-order valence-corrected chi connectivity index (χ0v) is 16.8. The largest absolute Gasteiger partial charge is 0.497 e. The van der Waals surface area contributed by atoms with Crippen molar-refractivity contribution in [3.63, 3.8) is 0 Å². The minimum atomic E-state index is -0.895. The van der Waals surface area contributed by atoms with Crippen LogP contribution >= 0.6 is 0 Å². The molecule has 148 valence electrons. The molecule has 1 aromatic rings. The average Bonchev–Trinajstić information content (AvgIpc) is 2.57. The molecule has 1 atom stereocenters. The number of hydrogen-bond acceptors (Lipinski definition) is 5. The third kappa shape index (κ3) is 5.21. The summed E-state index contributed by atoms with van der Waals surface area (Å²) in [6.45, 7) is 9.15. The molecule has 0 radical (unpaired) electrons. The molecular formula is C20H28N2O5. The predicted octanol–water partition coefficient (Wildman–Crippen LogP) is 2.53. The van der Waals surface area contributed by atoms with Crippen LogP contribution in [0.2, 0.25) is 0 Å². The Morgan fingerprint density at radius 1 is 1.22 bits per heavy atom. The van der Waals surface area contributed by atoms with Crippen molar-refractivity contribution in [3.05, 3.63) is 29.8 Å². The first-order chi connectivity index (χ1) is 12.4. The zero-order chi connectivity index (χ0) is 20.4. The number of carbonyl (C=O) groups excluding carboxylic acids is 3. The Morgan fingerprint density at radius 2 is 1.81 bits per heavy atom. The lowest BCUT2D eigenvalue weighted by molar-refractivity contribution is -0.166. The minimum Gasteiger partial charge on any atom is -0.497 e. The lowest BCUT2D eigenvalue weighted by Gasteiger charge is -2.44. The highest BCUT2D eigenvalue weighted by molar-refractivity contribution is 6.05. The number of β-lactam (4-membered cyclic amide) rings is 1. The molecule has 7 heteroatoms. The Morgan fingerprint density at radius 3 is 2.26 bits per heavy atom. The van der Waals surface area contributed by atoms with Crippen molar-refractivity contribution in [1.29, 1.82) is 0 Å². The smallest absolute Gasteiger partial charge is 0.408 e. The number of likely N-dealkylation sites (tertiary alicyclic amines) is 1. The van der Waals surface area contributed by atoms with Gasteiger partial charge < -0.3 is 14.8 Å². The van der Waals surface area contributed by atoms with Crippen LogP contribution < -0.4 is 10.1 Å². The van der Waals surface area contributed by atoms with Crippen LogP contribution in [-0.2, 0) is 20.7 Å². The van der Waals surface area contributed by atoms with Gasteiger partial charge in [-0.15, -0.1) is 0 Å². The summed E-state index contributed by atoms with van der Waals surface area (Å²) >= 11 is 0. The molecule has 1 aliphatic heterocycles. The molecule has 0 aromatic heterocycles. The van der Waals surface area contributed by atoms with Crippen LogP contribution in [0.15, 0.2) is 24.3 Å². The first kappa shape index (κ1) is 20.7. The summed E-state index contributed by atoms with van der Waals surface area (Å²) in [5, 5.41) is 2.61. The molecule has 1 aliphatic rings. The van der Waals surface area contributed by atoms with Crippen LogP contribution in [0.3, 0.4) is 0 Å². The second-order valence-corrected chi connectivity index (χ2v) is 8.36. The van der Waals surface area contributed by atoms with Gasteiger partial charge in [0.05, 0.1) is 12.5 Å². The number of imide groups is 1. The van der Waals surface area contributed by atoms with Gasteiger partial charge >= 0.3 is 6.09 Å². The van der Waals surface area contributed by atoms with Crippen molar-refractivity contribution in [1.82, 2.24) is 10.2 Å². The van der Waals surface area contributed by atoms with E-state index in [1.54, 1.807) is 53.9 Å². The molecule has 3 amide bonds. The third-order valence-corrected chi connectivity index (χ3v) is 4.23. The molecular weight excluding hydrogens is 348 g/mol. The maximum Gasteiger partial charge on any atom is 0.408 e. The summed E-state index contributed by atoms with van der Waals surface area (Å²) in [5.74, 6) is 0.0284. The normalized spacial score (nSPS) is 17.0. The predicted molar refractivity (Wildman–Crippen MR) is 100 cm³/mol. The van der Waals surface area contributed by atoms with Crippen molar-refractivity contribution in [2.45, 2.75) is 52.7 Å². The highest BCUT2D eigenvalue weighted by Crippen LogP contribution is 2.31. The number of rotatable bonds is 5. The Labute approximate surface area is 160 Å². The summed E-state index contributed by atoms with van der Waals surface area (Å²) in [4.78, 5) is 38.5. The molecule has 27 heavy (non-hydrogen) atoms. The molecule has 7 nitrogen and oxygen atoms in total. The number of carbonyl (C=O) groups is 3. The Kier molecular flexibility index (Phi) is 5.82. The van der Waals surface area contributed by atoms with Crippen molar-refractivity contribution in [2.75, 3.05) is 13.7 Å². The Hall–Kier alpha value is -2.57. The lowest BCUT2D eigenvalue weighted by Crippen LogP contribution is -2.64. The van der Waals surface area contributed by atoms with Gasteiger partial charge in [0.25, 0.3) is 5.91 Å². The van der Waals surface area contributed by atoms with Crippen LogP contribution in [0.1, 0.15) is 40.2 Å². The molecule has 1 fully saturated rings. The first-order valence-corrected chi connectivity index (χ1v) is 8.91. The molecule has 0 saturated carbocycles. The fourth-order valence-electron chi connectivity index (χ4n) is 2.82. The zero-order valence-electron chi connectivity index (χ0n) is 16.8. The van der Waals surface area contributed by atoms with Gasteiger partial charge in [-0.05, 0) is 52.3 Å². The summed E-state index contributed by atoms with van der Waals surface area (Å²) in [6, 6.07) is 6.30. The maximum absolute atomic E-state index is 12.9. The number of nitrogens with one attached hydrogen (secondary N) is 1. The van der Waals surface area contributed by atoms with Gasteiger partial charge in [0.2, 0.25) is 5.91 Å². The van der Waals surface area contributed by atoms with Gasteiger partial charge in [0.15, 0.2) is 0 Å². The van der Waals surface area contributed by atoms with Gasteiger partial charge in [-0.3, -0.25) is 14.5 Å². The van der Waals surface area contributed by atoms with Crippen molar-refractivity contribution in [3.8, 4) is 5.75 Å². The van der Waals surface area contributed by atoms with E-state index in [1.807, 2.05) is 12.1 Å². The van der Waals surface area contributed by atoms with Crippen LogP contribution in [0.4, 0.5) is 4.79 Å². The number of hydrogen-bond donors (Lipinski definition) is 1. The molecule has 1 saturated heterocycles. The summed E-state index contributed by atoms with van der Waals surface area (Å²) < 4.78 is 10.4. The van der Waals surface area contributed by atoms with Crippen LogP contribution in [0, 0.1) is 5.41 Å². The molecule has 2 rings (SSSR count). The number of amides is 3. The fraction of sp³-hybridized carbons (Fsp3) is 0.550. The van der Waals surface area contributed by atoms with E-state index in [0.717, 1.165) is 5.56 Å². The highest BCUT2D eigenvalue weighted by Gasteiger charge is 2.49. The van der Waals surface area contributed by atoms with E-state index < -0.39 is 29.1 Å². The van der Waals surface area contributed by atoms with E-state index in [0.29, 0.717) is 12.3 Å². The van der Waals surface area contributed by atoms with Crippen molar-refractivity contribution < 1.29 is 23.9 Å². The van der Waals surface area contributed by atoms with E-state index in [4.69, 9.17) is 9.47 Å². The first-order valence-electron chi connectivity index (χ1n) is 8.91. The molecule has 1 N–H and O–H groups in total. The van der Waals surface area contributed by atoms with Crippen molar-refractivity contribution in [2.24, 2.45) is 5.41 Å². The Bertz CT molecular complexity index is 719. The maximum atomic E-state index is 12.9. The van der Waals surface area contributed by atoms with Crippen LogP contribution in [0.25, 0.3) is 0 Å². The monoisotopic (exact) mass is 376 g/mol. The molecule has 1 aromatic carbocycles. The molecule has 0 spiro atoms. The van der Waals surface area contributed by atoms with Gasteiger partial charge in [-0.25, -0.2) is 4.79 Å². The quantitative estimate of drug-likeness (QED) is 0.798. The second kappa shape index (κ2) is 7.58. The summed E-state index contributed by atoms with van der Waals surface area (Å²) in [6.07, 6.45) is -0.451. The molecule has 0 bridgehead atoms. The average molecular weight is 376 g/mol. The SMILES string of the molecule is COc1ccc(C[C@@H](NC(=O)OC(C)(C)C)C(=O)N2CC(C)(C)C2=O)cc1. The standard InChI is InChI=1S/C20H28N2O5/c1-19(2,3)27-18(25)21-15(11-13-7-9-14(26-6)10-8-13)16(23)22-12-20(4,5)17(22)24/h7-10,15H,11-12H2,1-6H3,(H,21,25)/t15-/m1/s1. The second-order valence-electron chi connectivity index (χ2n) is 8.36. The fourth-order valence-corrected chi connectivity index (χ4v) is 2.82. The topological polar surface area (TPSA) is 84.9 Å². The molecule has 1 heterocycles. The highest BCUT2D eigenvalue weighted by atomic mass is 16.6. The van der Waals surface area contributed by atoms with Crippen LogP contribution in [-0.4, -0.2) is 48.1 Å². The summed E-state index contributed by atoms with van der Waals surface area (Å²) in [5.41, 5.74) is -0.407. The van der Waals surface area contributed by atoms with Gasteiger partial charge in [-0.2, -0.15) is 0 Å². The van der Waals surface area contributed by atoms with Gasteiger partial charge in [0, 0.05) is 13.0 Å². The number of methoxy groups -OCH3 is 1. The number of ether oxygens (including phenoxy) is 2. The Balaban J connectivity index is 2.15. The van der Waals surface area contributed by atoms with E-state index in [2.05, 4.69) is 5.32 Å². The molecule has 0 aliphatic carbocycles. The van der Waals surface area contributed by atoms with Crippen LogP contribution in [0.5, 0.6) is 5.75 Å². The van der Waals surface area contributed by atoms with Gasteiger partial charge in [-0.1, -0.05) is 12.1 Å². The van der Waals surface area contributed by atoms with Gasteiger partial charge in [0.1, 0.15) is 17.4 Å². The van der Waals surface area contributed by atoms with Crippen molar-refractivity contribution >= 4 is 17.9 Å². The van der Waals surface area contributed by atoms with E-state index in [9.17, 15) is 14.4 Å². The van der Waals surface area contributed by atoms with E-state index in [1.165, 1.54) is 4.90 Å². The van der Waals surface area contributed by atoms with E-state index in [-0.39, 0.29) is 12.3 Å². The lowest BCUT2D eigenvalue weighted by atomic mass is 9.82. The third-order valence-electron chi connectivity index (χ3n) is 4.23. The molecule has 0 unspecified atom stereocenters. The summed E-state index contributed by atoms with van der Waals surface area (Å²) in [7, 11) is 1.57. The number of benzene rings is 1. The van der Waals surface area contributed by atoms with E-state index >= 15 is 0 Å². The minimum absolute atomic E-state index is 0.238.